The minimum atomic E-state index is -3.24. The van der Waals surface area contributed by atoms with Crippen LogP contribution in [0.1, 0.15) is 25.3 Å². The molecule has 0 atom stereocenters. The van der Waals surface area contributed by atoms with Crippen LogP contribution in [0.25, 0.3) is 0 Å². The first-order valence-electron chi connectivity index (χ1n) is 6.89. The highest BCUT2D eigenvalue weighted by Gasteiger charge is 2.21. The molecule has 1 aromatic rings. The van der Waals surface area contributed by atoms with Crippen molar-refractivity contribution >= 4 is 15.7 Å². The van der Waals surface area contributed by atoms with Crippen molar-refractivity contribution in [1.82, 2.24) is 5.32 Å². The summed E-state index contributed by atoms with van der Waals surface area (Å²) in [7, 11) is -3.24. The van der Waals surface area contributed by atoms with Gasteiger partial charge in [-0.1, -0.05) is 19.1 Å². The average Bonchev–Trinajstić information content (AvgIpc) is 2.39. The van der Waals surface area contributed by atoms with Crippen LogP contribution in [-0.2, 0) is 16.4 Å². The van der Waals surface area contributed by atoms with E-state index in [0.29, 0.717) is 5.69 Å². The van der Waals surface area contributed by atoms with Gasteiger partial charge >= 0.3 is 0 Å². The van der Waals surface area contributed by atoms with E-state index in [9.17, 15) is 8.42 Å². The Labute approximate surface area is 115 Å². The molecule has 0 amide bonds. The lowest BCUT2D eigenvalue weighted by Crippen LogP contribution is -2.33. The van der Waals surface area contributed by atoms with Crippen LogP contribution in [0.5, 0.6) is 0 Å². The smallest absolute Gasteiger partial charge is 0.232 e. The van der Waals surface area contributed by atoms with Gasteiger partial charge in [-0.25, -0.2) is 8.42 Å². The van der Waals surface area contributed by atoms with Crippen molar-refractivity contribution in [1.29, 1.82) is 0 Å². The molecule has 1 fully saturated rings. The Morgan fingerprint density at radius 1 is 1.32 bits per heavy atom. The predicted molar refractivity (Wildman–Crippen MR) is 78.8 cm³/mol. The van der Waals surface area contributed by atoms with E-state index in [1.807, 2.05) is 18.2 Å². The van der Waals surface area contributed by atoms with Crippen molar-refractivity contribution in [3.63, 3.8) is 0 Å². The van der Waals surface area contributed by atoms with E-state index in [1.54, 1.807) is 6.07 Å². The molecule has 1 heterocycles. The molecule has 0 bridgehead atoms. The highest BCUT2D eigenvalue weighted by atomic mass is 32.2. The molecule has 0 radical (unpaired) electrons. The molecule has 106 valence electrons. The minimum Gasteiger partial charge on any atom is -0.317 e. The second kappa shape index (κ2) is 6.39. The van der Waals surface area contributed by atoms with Gasteiger partial charge in [0.15, 0.2) is 0 Å². The van der Waals surface area contributed by atoms with Crippen molar-refractivity contribution in [2.75, 3.05) is 23.6 Å². The summed E-state index contributed by atoms with van der Waals surface area (Å²) in [5.74, 6) is 0.499. The molecule has 1 saturated heterocycles. The predicted octanol–water partition coefficient (Wildman–Crippen LogP) is 1.99. The third-order valence-corrected chi connectivity index (χ3v) is 4.98. The van der Waals surface area contributed by atoms with E-state index in [1.165, 1.54) is 0 Å². The summed E-state index contributed by atoms with van der Waals surface area (Å²) in [6.45, 7) is 3.90. The Morgan fingerprint density at radius 2 is 2.05 bits per heavy atom. The van der Waals surface area contributed by atoms with Crippen molar-refractivity contribution in [3.8, 4) is 0 Å². The van der Waals surface area contributed by atoms with Gasteiger partial charge < -0.3 is 5.32 Å². The Bertz CT molecular complexity index is 508. The van der Waals surface area contributed by atoms with Gasteiger partial charge in [0.2, 0.25) is 10.0 Å². The zero-order valence-electron chi connectivity index (χ0n) is 11.4. The van der Waals surface area contributed by atoms with Crippen LogP contribution < -0.4 is 10.0 Å². The molecular formula is C14H22N2O2S. The van der Waals surface area contributed by atoms with Crippen molar-refractivity contribution in [2.24, 2.45) is 5.92 Å². The number of hydrogen-bond acceptors (Lipinski definition) is 3. The highest BCUT2D eigenvalue weighted by Crippen LogP contribution is 2.17. The van der Waals surface area contributed by atoms with Gasteiger partial charge in [0.05, 0.1) is 5.75 Å². The Hall–Kier alpha value is -1.07. The van der Waals surface area contributed by atoms with Crippen LogP contribution in [0.2, 0.25) is 0 Å². The lowest BCUT2D eigenvalue weighted by Gasteiger charge is -2.22. The van der Waals surface area contributed by atoms with Gasteiger partial charge in [-0.05, 0) is 56.0 Å². The summed E-state index contributed by atoms with van der Waals surface area (Å²) in [5.41, 5.74) is 1.82. The summed E-state index contributed by atoms with van der Waals surface area (Å²) in [6, 6.07) is 7.60. The first-order valence-corrected chi connectivity index (χ1v) is 8.54. The number of nitrogens with one attached hydrogen (secondary N) is 2. The van der Waals surface area contributed by atoms with Gasteiger partial charge in [0.1, 0.15) is 0 Å². The Morgan fingerprint density at radius 3 is 2.74 bits per heavy atom. The first-order chi connectivity index (χ1) is 9.09. The SMILES string of the molecule is CCc1cccc(NS(=O)(=O)CC2CCNCC2)c1. The summed E-state index contributed by atoms with van der Waals surface area (Å²) in [4.78, 5) is 0. The lowest BCUT2D eigenvalue weighted by molar-refractivity contribution is 0.402. The summed E-state index contributed by atoms with van der Waals surface area (Å²) in [5, 5.41) is 3.25. The molecule has 0 spiro atoms. The third kappa shape index (κ3) is 4.51. The molecule has 0 aromatic heterocycles. The van der Waals surface area contributed by atoms with E-state index >= 15 is 0 Å². The fourth-order valence-electron chi connectivity index (χ4n) is 2.43. The van der Waals surface area contributed by atoms with Crippen LogP contribution in [0.3, 0.4) is 0 Å². The average molecular weight is 282 g/mol. The molecule has 2 N–H and O–H groups in total. The number of rotatable bonds is 5. The molecule has 2 rings (SSSR count). The number of anilines is 1. The quantitative estimate of drug-likeness (QED) is 0.868. The van der Waals surface area contributed by atoms with E-state index in [0.717, 1.165) is 37.9 Å². The van der Waals surface area contributed by atoms with E-state index < -0.39 is 10.0 Å². The fraction of sp³-hybridized carbons (Fsp3) is 0.571. The second-order valence-electron chi connectivity index (χ2n) is 5.13. The van der Waals surface area contributed by atoms with Gasteiger partial charge in [-0.15, -0.1) is 0 Å². The van der Waals surface area contributed by atoms with E-state index in [4.69, 9.17) is 0 Å². The number of sulfonamides is 1. The summed E-state index contributed by atoms with van der Waals surface area (Å²) in [6.07, 6.45) is 2.79. The fourth-order valence-corrected chi connectivity index (χ4v) is 3.96. The number of piperidine rings is 1. The normalized spacial score (nSPS) is 17.3. The van der Waals surface area contributed by atoms with Crippen LogP contribution in [-0.4, -0.2) is 27.3 Å². The number of aryl methyl sites for hydroxylation is 1. The third-order valence-electron chi connectivity index (χ3n) is 3.52. The van der Waals surface area contributed by atoms with Gasteiger partial charge in [-0.2, -0.15) is 0 Å². The standard InChI is InChI=1S/C14H22N2O2S/c1-2-12-4-3-5-14(10-12)16-19(17,18)11-13-6-8-15-9-7-13/h3-5,10,13,15-16H,2,6-9,11H2,1H3. The zero-order chi connectivity index (χ0) is 13.7. The van der Waals surface area contributed by atoms with Crippen molar-refractivity contribution < 1.29 is 8.42 Å². The summed E-state index contributed by atoms with van der Waals surface area (Å²) < 4.78 is 27.0. The van der Waals surface area contributed by atoms with E-state index in [2.05, 4.69) is 17.0 Å². The van der Waals surface area contributed by atoms with Crippen molar-refractivity contribution in [3.05, 3.63) is 29.8 Å². The second-order valence-corrected chi connectivity index (χ2v) is 6.90. The number of benzene rings is 1. The summed E-state index contributed by atoms with van der Waals surface area (Å²) >= 11 is 0. The van der Waals surface area contributed by atoms with E-state index in [-0.39, 0.29) is 11.7 Å². The largest absolute Gasteiger partial charge is 0.317 e. The van der Waals surface area contributed by atoms with Gasteiger partial charge in [0.25, 0.3) is 0 Å². The van der Waals surface area contributed by atoms with Crippen LogP contribution in [0.4, 0.5) is 5.69 Å². The monoisotopic (exact) mass is 282 g/mol. The highest BCUT2D eigenvalue weighted by molar-refractivity contribution is 7.92. The maximum Gasteiger partial charge on any atom is 0.232 e. The lowest BCUT2D eigenvalue weighted by atomic mass is 10.0. The molecule has 4 nitrogen and oxygen atoms in total. The van der Waals surface area contributed by atoms with Crippen molar-refractivity contribution in [2.45, 2.75) is 26.2 Å². The van der Waals surface area contributed by atoms with Crippen LogP contribution in [0.15, 0.2) is 24.3 Å². The van der Waals surface area contributed by atoms with Crippen LogP contribution >= 0.6 is 0 Å². The molecule has 0 aliphatic carbocycles. The molecular weight excluding hydrogens is 260 g/mol. The molecule has 1 aliphatic heterocycles. The van der Waals surface area contributed by atoms with Gasteiger partial charge in [-0.3, -0.25) is 4.72 Å². The Balaban J connectivity index is 1.99. The molecule has 1 aromatic carbocycles. The zero-order valence-corrected chi connectivity index (χ0v) is 12.2. The van der Waals surface area contributed by atoms with Gasteiger partial charge in [0, 0.05) is 5.69 Å². The molecule has 19 heavy (non-hydrogen) atoms. The topological polar surface area (TPSA) is 58.2 Å². The van der Waals surface area contributed by atoms with Crippen LogP contribution in [0, 0.1) is 5.92 Å². The minimum absolute atomic E-state index is 0.227. The molecule has 0 saturated carbocycles. The molecule has 5 heteroatoms. The molecule has 1 aliphatic rings. The maximum atomic E-state index is 12.1. The Kier molecular flexibility index (Phi) is 4.82. The first kappa shape index (κ1) is 14.3. The maximum absolute atomic E-state index is 12.1. The molecule has 0 unspecified atom stereocenters. The number of hydrogen-bond donors (Lipinski definition) is 2.